The molecule has 3 aromatic rings. The first-order valence-electron chi connectivity index (χ1n) is 8.44. The van der Waals surface area contributed by atoms with Crippen LogP contribution in [0.4, 0.5) is 0 Å². The number of aromatic nitrogens is 2. The first kappa shape index (κ1) is 18.4. The number of hydrogen-bond donors (Lipinski definition) is 2. The summed E-state index contributed by atoms with van der Waals surface area (Å²) >= 11 is 0. The number of ether oxygens (including phenoxy) is 2. The fourth-order valence-corrected chi connectivity index (χ4v) is 3.07. The fraction of sp³-hybridized carbons (Fsp3) is 0.250. The Morgan fingerprint density at radius 2 is 1.74 bits per heavy atom. The van der Waals surface area contributed by atoms with Gasteiger partial charge in [0.15, 0.2) is 6.10 Å². The normalized spacial score (nSPS) is 12.0. The van der Waals surface area contributed by atoms with E-state index in [-0.39, 0.29) is 11.4 Å². The van der Waals surface area contributed by atoms with Crippen LogP contribution in [0.1, 0.15) is 49.5 Å². The zero-order valence-electron chi connectivity index (χ0n) is 15.5. The molecule has 7 heteroatoms. The third-order valence-corrected chi connectivity index (χ3v) is 4.48. The van der Waals surface area contributed by atoms with Crippen molar-refractivity contribution in [3.63, 3.8) is 0 Å². The minimum atomic E-state index is -1.02. The van der Waals surface area contributed by atoms with Gasteiger partial charge in [0.25, 0.3) is 0 Å². The molecular formula is C20H20N2O5. The summed E-state index contributed by atoms with van der Waals surface area (Å²) in [6.07, 6.45) is -1.02. The lowest BCUT2D eigenvalue weighted by atomic mass is 10.1. The van der Waals surface area contributed by atoms with Gasteiger partial charge in [-0.3, -0.25) is 4.79 Å². The van der Waals surface area contributed by atoms with Crippen LogP contribution in [0.15, 0.2) is 30.3 Å². The number of aryl methyl sites for hydroxylation is 1. The average Bonchev–Trinajstić information content (AvgIpc) is 3.21. The van der Waals surface area contributed by atoms with Crippen molar-refractivity contribution in [1.29, 1.82) is 0 Å². The van der Waals surface area contributed by atoms with Crippen LogP contribution in [0.5, 0.6) is 0 Å². The van der Waals surface area contributed by atoms with Crippen LogP contribution >= 0.6 is 0 Å². The number of Topliss-reactive ketones (excluding diaryl/α,β-unsaturated/α-hetero) is 1. The molecule has 2 N–H and O–H groups in total. The molecule has 0 unspecified atom stereocenters. The standard InChI is InChI=1S/C20H20N2O5/c1-10-16(20(25)26-4)11(2)21-17(10)18(23)12(3)27-19(24)15-9-13-7-5-6-8-14(13)22-15/h5-9,12,21-22H,1-4H3/t12-/m1/s1. The monoisotopic (exact) mass is 368 g/mol. The molecule has 0 bridgehead atoms. The van der Waals surface area contributed by atoms with Crippen molar-refractivity contribution in [2.24, 2.45) is 0 Å². The lowest BCUT2D eigenvalue weighted by Gasteiger charge is -2.11. The smallest absolute Gasteiger partial charge is 0.355 e. The summed E-state index contributed by atoms with van der Waals surface area (Å²) in [5.74, 6) is -1.57. The lowest BCUT2D eigenvalue weighted by Crippen LogP contribution is -2.25. The van der Waals surface area contributed by atoms with Gasteiger partial charge in [0, 0.05) is 16.6 Å². The van der Waals surface area contributed by atoms with Crippen LogP contribution in [-0.2, 0) is 9.47 Å². The summed E-state index contributed by atoms with van der Waals surface area (Å²) < 4.78 is 10.1. The SMILES string of the molecule is COC(=O)c1c(C)[nH]c(C(=O)[C@@H](C)OC(=O)c2cc3ccccc3[nH]2)c1C. The van der Waals surface area contributed by atoms with Gasteiger partial charge < -0.3 is 19.4 Å². The molecule has 0 aliphatic rings. The number of carbonyl (C=O) groups is 3. The van der Waals surface area contributed by atoms with Gasteiger partial charge in [0.05, 0.1) is 18.4 Å². The Balaban J connectivity index is 1.79. The van der Waals surface area contributed by atoms with Crippen LogP contribution in [0.3, 0.4) is 0 Å². The first-order chi connectivity index (χ1) is 12.8. The molecule has 0 fully saturated rings. The molecule has 0 aliphatic carbocycles. The number of carbonyl (C=O) groups excluding carboxylic acids is 3. The minimum absolute atomic E-state index is 0.227. The highest BCUT2D eigenvalue weighted by molar-refractivity contribution is 6.04. The Hall–Kier alpha value is -3.35. The van der Waals surface area contributed by atoms with E-state index in [0.717, 1.165) is 10.9 Å². The molecule has 7 nitrogen and oxygen atoms in total. The van der Waals surface area contributed by atoms with Crippen molar-refractivity contribution in [3.05, 3.63) is 58.5 Å². The van der Waals surface area contributed by atoms with Gasteiger partial charge in [-0.15, -0.1) is 0 Å². The molecule has 0 aliphatic heterocycles. The van der Waals surface area contributed by atoms with Gasteiger partial charge in [0.1, 0.15) is 5.69 Å². The number of rotatable bonds is 5. The van der Waals surface area contributed by atoms with Gasteiger partial charge in [-0.1, -0.05) is 18.2 Å². The van der Waals surface area contributed by atoms with Crippen molar-refractivity contribution in [3.8, 4) is 0 Å². The largest absolute Gasteiger partial charge is 0.465 e. The van der Waals surface area contributed by atoms with E-state index in [1.54, 1.807) is 19.9 Å². The number of aromatic amines is 2. The van der Waals surface area contributed by atoms with Crippen molar-refractivity contribution >= 4 is 28.6 Å². The average molecular weight is 368 g/mol. The highest BCUT2D eigenvalue weighted by Crippen LogP contribution is 2.21. The Morgan fingerprint density at radius 3 is 2.41 bits per heavy atom. The number of fused-ring (bicyclic) bond motifs is 1. The molecule has 140 valence electrons. The van der Waals surface area contributed by atoms with Crippen molar-refractivity contribution in [1.82, 2.24) is 9.97 Å². The number of H-pyrrole nitrogens is 2. The molecule has 0 amide bonds. The van der Waals surface area contributed by atoms with Gasteiger partial charge in [-0.05, 0) is 38.5 Å². The maximum Gasteiger partial charge on any atom is 0.355 e. The minimum Gasteiger partial charge on any atom is -0.465 e. The second-order valence-electron chi connectivity index (χ2n) is 6.30. The topological polar surface area (TPSA) is 101 Å². The summed E-state index contributed by atoms with van der Waals surface area (Å²) in [7, 11) is 1.28. The maximum absolute atomic E-state index is 12.7. The van der Waals surface area contributed by atoms with Crippen LogP contribution in [-0.4, -0.2) is 40.9 Å². The molecule has 0 spiro atoms. The third-order valence-electron chi connectivity index (χ3n) is 4.48. The number of hydrogen-bond acceptors (Lipinski definition) is 5. The Morgan fingerprint density at radius 1 is 1.04 bits per heavy atom. The summed E-state index contributed by atoms with van der Waals surface area (Å²) in [6, 6.07) is 9.12. The molecule has 1 atom stereocenters. The quantitative estimate of drug-likeness (QED) is 0.531. The van der Waals surface area contributed by atoms with Gasteiger partial charge in [-0.2, -0.15) is 0 Å². The number of benzene rings is 1. The molecule has 2 aromatic heterocycles. The molecule has 0 saturated heterocycles. The second kappa shape index (κ2) is 7.11. The van der Waals surface area contributed by atoms with Crippen molar-refractivity contribution < 1.29 is 23.9 Å². The summed E-state index contributed by atoms with van der Waals surface area (Å²) in [6.45, 7) is 4.82. The highest BCUT2D eigenvalue weighted by Gasteiger charge is 2.27. The Kier molecular flexibility index (Phi) is 4.85. The second-order valence-corrected chi connectivity index (χ2v) is 6.30. The molecule has 3 rings (SSSR count). The maximum atomic E-state index is 12.7. The van der Waals surface area contributed by atoms with E-state index >= 15 is 0 Å². The lowest BCUT2D eigenvalue weighted by molar-refractivity contribution is 0.0312. The molecule has 2 heterocycles. The summed E-state index contributed by atoms with van der Waals surface area (Å²) in [5, 5.41) is 0.877. The number of nitrogens with one attached hydrogen (secondary N) is 2. The number of methoxy groups -OCH3 is 1. The predicted octanol–water partition coefficient (Wildman–Crippen LogP) is 3.33. The Labute approximate surface area is 155 Å². The van der Waals surface area contributed by atoms with Gasteiger partial charge in [-0.25, -0.2) is 9.59 Å². The zero-order chi connectivity index (χ0) is 19.7. The first-order valence-corrected chi connectivity index (χ1v) is 8.44. The van der Waals surface area contributed by atoms with Gasteiger partial charge >= 0.3 is 11.9 Å². The van der Waals surface area contributed by atoms with E-state index < -0.39 is 23.8 Å². The molecule has 0 radical (unpaired) electrons. The molecule has 27 heavy (non-hydrogen) atoms. The highest BCUT2D eigenvalue weighted by atomic mass is 16.5. The van der Waals surface area contributed by atoms with Crippen LogP contribution < -0.4 is 0 Å². The van der Waals surface area contributed by atoms with E-state index in [9.17, 15) is 14.4 Å². The number of ketones is 1. The number of esters is 2. The van der Waals surface area contributed by atoms with E-state index in [4.69, 9.17) is 9.47 Å². The van der Waals surface area contributed by atoms with Crippen LogP contribution in [0.25, 0.3) is 10.9 Å². The third kappa shape index (κ3) is 3.36. The molecule has 0 saturated carbocycles. The van der Waals surface area contributed by atoms with Crippen LogP contribution in [0, 0.1) is 13.8 Å². The summed E-state index contributed by atoms with van der Waals surface area (Å²) in [4.78, 5) is 42.8. The van der Waals surface area contributed by atoms with Crippen molar-refractivity contribution in [2.75, 3.05) is 7.11 Å². The van der Waals surface area contributed by atoms with E-state index in [1.807, 2.05) is 24.3 Å². The van der Waals surface area contributed by atoms with E-state index in [1.165, 1.54) is 14.0 Å². The van der Waals surface area contributed by atoms with Crippen molar-refractivity contribution in [2.45, 2.75) is 26.9 Å². The number of para-hydroxylation sites is 1. The Bertz CT molecular complexity index is 1010. The van der Waals surface area contributed by atoms with Crippen LogP contribution in [0.2, 0.25) is 0 Å². The predicted molar refractivity (Wildman–Crippen MR) is 99.1 cm³/mol. The zero-order valence-corrected chi connectivity index (χ0v) is 15.5. The van der Waals surface area contributed by atoms with Gasteiger partial charge in [0.2, 0.25) is 5.78 Å². The molecular weight excluding hydrogens is 348 g/mol. The fourth-order valence-electron chi connectivity index (χ4n) is 3.07. The van der Waals surface area contributed by atoms with E-state index in [2.05, 4.69) is 9.97 Å². The van der Waals surface area contributed by atoms with E-state index in [0.29, 0.717) is 16.8 Å². The summed E-state index contributed by atoms with van der Waals surface area (Å²) in [5.41, 5.74) is 2.61. The molecule has 1 aromatic carbocycles.